The van der Waals surface area contributed by atoms with Crippen molar-refractivity contribution in [1.82, 2.24) is 0 Å². The Hall–Kier alpha value is -3.18. The van der Waals surface area contributed by atoms with E-state index in [0.29, 0.717) is 11.5 Å². The number of benzene rings is 3. The standard InChI is InChI=1S/C26H28O5/c1-15-10-17(12-19(11-15)29-3)23-24(16-6-8-18(28-2)9-7-16)26(27)21-13-20(30-4)14-22(31-5)25(21)23/h6-14,23-24,26-27H,1-5H3. The van der Waals surface area contributed by atoms with Gasteiger partial charge < -0.3 is 24.1 Å². The van der Waals surface area contributed by atoms with Gasteiger partial charge in [0.1, 0.15) is 23.0 Å². The van der Waals surface area contributed by atoms with Gasteiger partial charge in [-0.25, -0.2) is 0 Å². The van der Waals surface area contributed by atoms with Crippen LogP contribution in [-0.2, 0) is 0 Å². The van der Waals surface area contributed by atoms with Crippen LogP contribution in [0, 0.1) is 6.92 Å². The fourth-order valence-electron chi connectivity index (χ4n) is 4.69. The van der Waals surface area contributed by atoms with E-state index in [9.17, 15) is 5.11 Å². The van der Waals surface area contributed by atoms with Crippen LogP contribution >= 0.6 is 0 Å². The summed E-state index contributed by atoms with van der Waals surface area (Å²) in [4.78, 5) is 0. The number of aliphatic hydroxyl groups excluding tert-OH is 1. The van der Waals surface area contributed by atoms with Gasteiger partial charge in [-0.2, -0.15) is 0 Å². The van der Waals surface area contributed by atoms with Crippen molar-refractivity contribution in [2.75, 3.05) is 28.4 Å². The molecule has 4 rings (SSSR count). The molecule has 0 saturated heterocycles. The lowest BCUT2D eigenvalue weighted by Crippen LogP contribution is -2.12. The first kappa shape index (κ1) is 21.1. The molecule has 0 radical (unpaired) electrons. The van der Waals surface area contributed by atoms with Crippen LogP contribution in [0.15, 0.2) is 54.6 Å². The van der Waals surface area contributed by atoms with Crippen LogP contribution in [0.2, 0.25) is 0 Å². The van der Waals surface area contributed by atoms with Crippen LogP contribution in [0.5, 0.6) is 23.0 Å². The molecule has 1 aliphatic carbocycles. The van der Waals surface area contributed by atoms with Gasteiger partial charge in [0.25, 0.3) is 0 Å². The van der Waals surface area contributed by atoms with E-state index in [1.165, 1.54) is 0 Å². The van der Waals surface area contributed by atoms with Gasteiger partial charge in [0.05, 0.1) is 34.5 Å². The van der Waals surface area contributed by atoms with Crippen molar-refractivity contribution in [1.29, 1.82) is 0 Å². The summed E-state index contributed by atoms with van der Waals surface area (Å²) in [5.41, 5.74) is 4.99. The number of hydrogen-bond acceptors (Lipinski definition) is 5. The lowest BCUT2D eigenvalue weighted by Gasteiger charge is -2.25. The molecule has 0 spiro atoms. The molecule has 0 heterocycles. The normalized spacial score (nSPS) is 19.6. The maximum absolute atomic E-state index is 11.5. The molecule has 0 aromatic heterocycles. The highest BCUT2D eigenvalue weighted by Crippen LogP contribution is 2.57. The van der Waals surface area contributed by atoms with Crippen LogP contribution in [-0.4, -0.2) is 33.5 Å². The zero-order valence-electron chi connectivity index (χ0n) is 18.5. The molecule has 3 aromatic carbocycles. The van der Waals surface area contributed by atoms with Crippen LogP contribution in [0.4, 0.5) is 0 Å². The molecule has 0 fully saturated rings. The van der Waals surface area contributed by atoms with E-state index in [-0.39, 0.29) is 11.8 Å². The van der Waals surface area contributed by atoms with Gasteiger partial charge in [-0.3, -0.25) is 0 Å². The van der Waals surface area contributed by atoms with Crippen molar-refractivity contribution in [2.24, 2.45) is 0 Å². The van der Waals surface area contributed by atoms with Crippen molar-refractivity contribution >= 4 is 0 Å². The van der Waals surface area contributed by atoms with Crippen molar-refractivity contribution in [2.45, 2.75) is 24.9 Å². The molecule has 3 aromatic rings. The van der Waals surface area contributed by atoms with Crippen molar-refractivity contribution in [3.63, 3.8) is 0 Å². The van der Waals surface area contributed by atoms with E-state index in [4.69, 9.17) is 18.9 Å². The smallest absolute Gasteiger partial charge is 0.126 e. The quantitative estimate of drug-likeness (QED) is 0.609. The van der Waals surface area contributed by atoms with Crippen LogP contribution in [0.25, 0.3) is 0 Å². The highest BCUT2D eigenvalue weighted by atomic mass is 16.5. The van der Waals surface area contributed by atoms with E-state index >= 15 is 0 Å². The molecule has 0 bridgehead atoms. The Balaban J connectivity index is 1.95. The highest BCUT2D eigenvalue weighted by Gasteiger charge is 2.44. The number of hydrogen-bond donors (Lipinski definition) is 1. The summed E-state index contributed by atoms with van der Waals surface area (Å²) in [5, 5.41) is 11.5. The first-order valence-corrected chi connectivity index (χ1v) is 10.2. The van der Waals surface area contributed by atoms with E-state index in [1.54, 1.807) is 28.4 Å². The Labute approximate surface area is 183 Å². The summed E-state index contributed by atoms with van der Waals surface area (Å²) in [6.45, 7) is 2.05. The van der Waals surface area contributed by atoms with Gasteiger partial charge in [0, 0.05) is 23.5 Å². The van der Waals surface area contributed by atoms with Gasteiger partial charge in [-0.05, 0) is 59.5 Å². The van der Waals surface area contributed by atoms with Crippen molar-refractivity contribution in [3.05, 3.63) is 82.4 Å². The van der Waals surface area contributed by atoms with Crippen LogP contribution in [0.3, 0.4) is 0 Å². The Morgan fingerprint density at radius 3 is 1.94 bits per heavy atom. The molecular formula is C26H28O5. The summed E-state index contributed by atoms with van der Waals surface area (Å²) in [6, 6.07) is 17.9. The average Bonchev–Trinajstić information content (AvgIpc) is 3.10. The maximum atomic E-state index is 11.5. The van der Waals surface area contributed by atoms with E-state index in [0.717, 1.165) is 39.3 Å². The molecule has 31 heavy (non-hydrogen) atoms. The summed E-state index contributed by atoms with van der Waals surface area (Å²) >= 11 is 0. The van der Waals surface area contributed by atoms with Gasteiger partial charge in [0.15, 0.2) is 0 Å². The second-order valence-electron chi connectivity index (χ2n) is 7.84. The largest absolute Gasteiger partial charge is 0.497 e. The maximum Gasteiger partial charge on any atom is 0.126 e. The fraction of sp³-hybridized carbons (Fsp3) is 0.308. The Morgan fingerprint density at radius 2 is 1.32 bits per heavy atom. The second-order valence-corrected chi connectivity index (χ2v) is 7.84. The number of ether oxygens (including phenoxy) is 4. The lowest BCUT2D eigenvalue weighted by molar-refractivity contribution is 0.152. The zero-order valence-corrected chi connectivity index (χ0v) is 18.5. The number of fused-ring (bicyclic) bond motifs is 1. The van der Waals surface area contributed by atoms with Gasteiger partial charge in [-0.1, -0.05) is 18.2 Å². The summed E-state index contributed by atoms with van der Waals surface area (Å²) < 4.78 is 22.1. The zero-order chi connectivity index (χ0) is 22.1. The van der Waals surface area contributed by atoms with Gasteiger partial charge >= 0.3 is 0 Å². The Kier molecular flexibility index (Phi) is 5.79. The molecule has 5 nitrogen and oxygen atoms in total. The predicted molar refractivity (Wildman–Crippen MR) is 120 cm³/mol. The molecular weight excluding hydrogens is 392 g/mol. The number of aliphatic hydroxyl groups is 1. The average molecular weight is 421 g/mol. The van der Waals surface area contributed by atoms with E-state index < -0.39 is 6.10 Å². The van der Waals surface area contributed by atoms with Crippen LogP contribution in [0.1, 0.15) is 45.8 Å². The Bertz CT molecular complexity index is 1070. The van der Waals surface area contributed by atoms with Crippen LogP contribution < -0.4 is 18.9 Å². The molecule has 0 aliphatic heterocycles. The third-order valence-corrected chi connectivity index (χ3v) is 6.10. The second kappa shape index (κ2) is 8.52. The molecule has 1 N–H and O–H groups in total. The molecule has 1 aliphatic rings. The minimum Gasteiger partial charge on any atom is -0.497 e. The minimum absolute atomic E-state index is 0.118. The molecule has 0 amide bonds. The monoisotopic (exact) mass is 420 g/mol. The molecule has 5 heteroatoms. The summed E-state index contributed by atoms with van der Waals surface area (Å²) in [7, 11) is 6.58. The van der Waals surface area contributed by atoms with Crippen molar-refractivity contribution in [3.8, 4) is 23.0 Å². The third kappa shape index (κ3) is 3.70. The number of rotatable bonds is 6. The predicted octanol–water partition coefficient (Wildman–Crippen LogP) is 4.99. The topological polar surface area (TPSA) is 57.2 Å². The summed E-state index contributed by atoms with van der Waals surface area (Å²) in [6.07, 6.45) is -0.719. The molecule has 3 unspecified atom stereocenters. The number of methoxy groups -OCH3 is 4. The van der Waals surface area contributed by atoms with Gasteiger partial charge in [-0.15, -0.1) is 0 Å². The van der Waals surface area contributed by atoms with E-state index in [2.05, 4.69) is 6.07 Å². The van der Waals surface area contributed by atoms with Gasteiger partial charge in [0.2, 0.25) is 0 Å². The molecule has 162 valence electrons. The molecule has 3 atom stereocenters. The number of aryl methyl sites for hydroxylation is 1. The Morgan fingerprint density at radius 1 is 0.677 bits per heavy atom. The third-order valence-electron chi connectivity index (χ3n) is 6.10. The molecule has 0 saturated carbocycles. The first-order valence-electron chi connectivity index (χ1n) is 10.2. The SMILES string of the molecule is COc1ccc(C2C(O)c3cc(OC)cc(OC)c3C2c2cc(C)cc(OC)c2)cc1. The summed E-state index contributed by atoms with van der Waals surface area (Å²) in [5.74, 6) is 2.61. The first-order chi connectivity index (χ1) is 15.0. The van der Waals surface area contributed by atoms with E-state index in [1.807, 2.05) is 55.5 Å². The minimum atomic E-state index is -0.719. The fourth-order valence-corrected chi connectivity index (χ4v) is 4.69. The van der Waals surface area contributed by atoms with Crippen molar-refractivity contribution < 1.29 is 24.1 Å². The lowest BCUT2D eigenvalue weighted by atomic mass is 9.80. The highest BCUT2D eigenvalue weighted by molar-refractivity contribution is 5.59.